The van der Waals surface area contributed by atoms with E-state index >= 15 is 0 Å². The Kier molecular flexibility index (Phi) is 14.2. The van der Waals surface area contributed by atoms with Gasteiger partial charge in [0, 0.05) is 41.6 Å². The molecule has 5 aromatic carbocycles. The Labute approximate surface area is 372 Å². The van der Waals surface area contributed by atoms with Crippen LogP contribution in [0.15, 0.2) is 96.6 Å². The topological polar surface area (TPSA) is 248 Å². The molecular formula is C49H42N4O12. The number of methoxy groups -OCH3 is 2. The maximum Gasteiger partial charge on any atom is 0.315 e. The molecule has 1 aliphatic rings. The normalized spacial score (nSPS) is 12.2. The van der Waals surface area contributed by atoms with Crippen LogP contribution in [0.4, 0.5) is 17.1 Å². The molecule has 65 heavy (non-hydrogen) atoms. The Balaban J connectivity index is 1.03. The highest BCUT2D eigenvalue weighted by atomic mass is 16.5. The van der Waals surface area contributed by atoms with Gasteiger partial charge >= 0.3 is 5.97 Å². The van der Waals surface area contributed by atoms with Crippen molar-refractivity contribution in [3.05, 3.63) is 136 Å². The number of amides is 3. The molecule has 0 radical (unpaired) electrons. The average molecular weight is 879 g/mol. The molecule has 16 nitrogen and oxygen atoms in total. The molecule has 3 amide bonds. The Bertz CT molecular complexity index is 2820. The first-order valence-electron chi connectivity index (χ1n) is 20.0. The number of anilines is 3. The number of Topliss-reactive ketones (excluding diaryl/α,β-unsaturated/α-hetero) is 3. The Morgan fingerprint density at radius 1 is 0.769 bits per heavy atom. The number of rotatable bonds is 17. The van der Waals surface area contributed by atoms with Gasteiger partial charge < -0.3 is 40.4 Å². The zero-order chi connectivity index (χ0) is 46.9. The van der Waals surface area contributed by atoms with Crippen molar-refractivity contribution in [2.45, 2.75) is 39.5 Å². The first-order valence-corrected chi connectivity index (χ1v) is 20.0. The molecule has 0 saturated heterocycles. The molecule has 1 heterocycles. The van der Waals surface area contributed by atoms with Crippen LogP contribution in [0, 0.1) is 17.2 Å². The number of hydrogen-bond acceptors (Lipinski definition) is 13. The number of fused-ring (bicyclic) bond motifs is 1. The minimum absolute atomic E-state index is 0.0165. The molecule has 0 spiro atoms. The Morgan fingerprint density at radius 2 is 1.37 bits per heavy atom. The largest absolute Gasteiger partial charge is 0.504 e. The minimum atomic E-state index is -1.00. The van der Waals surface area contributed by atoms with Gasteiger partial charge in [0.2, 0.25) is 5.91 Å². The number of esters is 1. The third-order valence-corrected chi connectivity index (χ3v) is 10.5. The number of carbonyl (C=O) groups excluding carboxylic acids is 7. The number of nitrogens with one attached hydrogen (secondary N) is 3. The number of nitriles is 1. The summed E-state index contributed by atoms with van der Waals surface area (Å²) in [6, 6.07) is 24.7. The molecule has 0 unspecified atom stereocenters. The number of allylic oxidation sites excluding steroid dienone is 1. The van der Waals surface area contributed by atoms with E-state index in [0.29, 0.717) is 22.4 Å². The average Bonchev–Trinajstić information content (AvgIpc) is 3.65. The molecule has 0 bridgehead atoms. The Hall–Kier alpha value is -8.58. The van der Waals surface area contributed by atoms with Gasteiger partial charge in [-0.05, 0) is 91.2 Å². The lowest BCUT2D eigenvalue weighted by Gasteiger charge is -2.16. The lowest BCUT2D eigenvalue weighted by atomic mass is 9.94. The van der Waals surface area contributed by atoms with Crippen LogP contribution in [-0.2, 0) is 27.2 Å². The minimum Gasteiger partial charge on any atom is -0.504 e. The summed E-state index contributed by atoms with van der Waals surface area (Å²) in [5.74, 6) is -5.31. The van der Waals surface area contributed by atoms with Crippen LogP contribution in [0.2, 0.25) is 0 Å². The number of nitrogens with zero attached hydrogens (tertiary/aromatic N) is 1. The monoisotopic (exact) mass is 878 g/mol. The molecule has 0 fully saturated rings. The molecule has 330 valence electrons. The number of phenols is 2. The van der Waals surface area contributed by atoms with Crippen molar-refractivity contribution >= 4 is 64.2 Å². The van der Waals surface area contributed by atoms with E-state index in [1.807, 2.05) is 12.1 Å². The Morgan fingerprint density at radius 3 is 1.98 bits per heavy atom. The summed E-state index contributed by atoms with van der Waals surface area (Å²) in [6.07, 6.45) is 1.50. The molecule has 1 aliphatic heterocycles. The van der Waals surface area contributed by atoms with Crippen molar-refractivity contribution in [1.82, 2.24) is 0 Å². The maximum atomic E-state index is 13.3. The molecule has 5 N–H and O–H groups in total. The summed E-state index contributed by atoms with van der Waals surface area (Å²) in [5.41, 5.74) is 3.17. The van der Waals surface area contributed by atoms with Gasteiger partial charge in [-0.3, -0.25) is 33.6 Å². The predicted octanol–water partition coefficient (Wildman–Crippen LogP) is 7.24. The molecule has 1 atom stereocenters. The highest BCUT2D eigenvalue weighted by Crippen LogP contribution is 2.41. The van der Waals surface area contributed by atoms with Gasteiger partial charge in [0.05, 0.1) is 55.1 Å². The summed E-state index contributed by atoms with van der Waals surface area (Å²) >= 11 is 0. The van der Waals surface area contributed by atoms with Crippen LogP contribution in [0.3, 0.4) is 0 Å². The van der Waals surface area contributed by atoms with Gasteiger partial charge in [-0.25, -0.2) is 0 Å². The van der Waals surface area contributed by atoms with Gasteiger partial charge in [-0.2, -0.15) is 5.26 Å². The number of benzene rings is 5. The van der Waals surface area contributed by atoms with E-state index in [1.165, 1.54) is 69.7 Å². The summed E-state index contributed by atoms with van der Waals surface area (Å²) in [6.45, 7) is 2.95. The van der Waals surface area contributed by atoms with E-state index in [2.05, 4.69) is 16.0 Å². The number of aromatic hydroxyl groups is 2. The zero-order valence-electron chi connectivity index (χ0n) is 35.6. The fourth-order valence-electron chi connectivity index (χ4n) is 6.94. The lowest BCUT2D eigenvalue weighted by molar-refractivity contribution is -0.132. The summed E-state index contributed by atoms with van der Waals surface area (Å²) in [7, 11) is 2.46. The fourth-order valence-corrected chi connectivity index (χ4v) is 6.94. The summed E-state index contributed by atoms with van der Waals surface area (Å²) < 4.78 is 15.7. The summed E-state index contributed by atoms with van der Waals surface area (Å²) in [4.78, 5) is 89.3. The van der Waals surface area contributed by atoms with Crippen LogP contribution in [0.25, 0.3) is 6.08 Å². The fraction of sp³-hybridized carbons (Fsp3) is 0.184. The van der Waals surface area contributed by atoms with Crippen molar-refractivity contribution < 1.29 is 58.0 Å². The zero-order valence-corrected chi connectivity index (χ0v) is 35.6. The van der Waals surface area contributed by atoms with E-state index in [4.69, 9.17) is 14.2 Å². The van der Waals surface area contributed by atoms with Gasteiger partial charge in [-0.15, -0.1) is 0 Å². The predicted molar refractivity (Wildman–Crippen MR) is 238 cm³/mol. The highest BCUT2D eigenvalue weighted by molar-refractivity contribution is 6.11. The SMILES string of the molecule is COc1c(NC(=O)c2ccc(NC(=O)c3ccc(NC(=O)[C@H](CC#N)CC(=O)c4ccc(CC(=O)/C(C)=C/c5ccc6c(c5)OC(=O)C6)cc4)cc3)c(OC)c2O)ccc(C(C)=O)c1O. The van der Waals surface area contributed by atoms with Gasteiger partial charge in [0.25, 0.3) is 11.8 Å². The van der Waals surface area contributed by atoms with Crippen molar-refractivity contribution in [2.75, 3.05) is 30.2 Å². The number of hydrogen-bond donors (Lipinski definition) is 5. The van der Waals surface area contributed by atoms with Gasteiger partial charge in [-0.1, -0.05) is 36.4 Å². The number of carbonyl (C=O) groups is 7. The second-order valence-electron chi connectivity index (χ2n) is 14.9. The third kappa shape index (κ3) is 10.7. The number of phenolic OH excluding ortho intramolecular Hbond substituents is 2. The second-order valence-corrected chi connectivity index (χ2v) is 14.9. The number of ether oxygens (including phenoxy) is 3. The van der Waals surface area contributed by atoms with E-state index < -0.39 is 40.9 Å². The molecule has 16 heteroatoms. The first kappa shape index (κ1) is 45.9. The molecular weight excluding hydrogens is 837 g/mol. The van der Waals surface area contributed by atoms with Crippen LogP contribution >= 0.6 is 0 Å². The standard InChI is InChI=1S/C49H42N4O12/c1-26(21-29-7-10-32-25-42(57)65-41(32)23-29)39(55)22-28-5-8-30(9-6-28)40(56)24-33(19-20-50)48(61)51-34-13-11-31(12-14-34)47(60)52-37-18-16-36(44(59)46(37)64-4)49(62)53-38-17-15-35(27(2)54)43(58)45(38)63-3/h5-18,21,23,33,58-59H,19,22,24-25H2,1-4H3,(H,51,61)(H,52,60)(H,53,62)/b26-21+/t33-/m1/s1. The molecule has 0 aliphatic carbocycles. The first-order chi connectivity index (χ1) is 31.1. The third-order valence-electron chi connectivity index (χ3n) is 10.5. The van der Waals surface area contributed by atoms with E-state index in [-0.39, 0.29) is 88.5 Å². The van der Waals surface area contributed by atoms with Crippen LogP contribution in [0.1, 0.15) is 84.8 Å². The van der Waals surface area contributed by atoms with E-state index in [0.717, 1.165) is 11.1 Å². The van der Waals surface area contributed by atoms with Crippen LogP contribution in [0.5, 0.6) is 28.7 Å². The second kappa shape index (κ2) is 20.1. The summed E-state index contributed by atoms with van der Waals surface area (Å²) in [5, 5.41) is 38.7. The smallest absolute Gasteiger partial charge is 0.315 e. The molecule has 6 rings (SSSR count). The van der Waals surface area contributed by atoms with Crippen molar-refractivity contribution in [3.8, 4) is 34.8 Å². The van der Waals surface area contributed by atoms with Crippen LogP contribution in [-0.4, -0.2) is 65.5 Å². The van der Waals surface area contributed by atoms with Crippen molar-refractivity contribution in [2.24, 2.45) is 5.92 Å². The quantitative estimate of drug-likeness (QED) is 0.0268. The number of ketones is 3. The molecule has 5 aromatic rings. The van der Waals surface area contributed by atoms with Gasteiger partial charge in [0.1, 0.15) is 5.75 Å². The maximum absolute atomic E-state index is 13.3. The van der Waals surface area contributed by atoms with Crippen molar-refractivity contribution in [3.63, 3.8) is 0 Å². The molecule has 0 aromatic heterocycles. The van der Waals surface area contributed by atoms with Crippen molar-refractivity contribution in [1.29, 1.82) is 5.26 Å². The lowest BCUT2D eigenvalue weighted by Crippen LogP contribution is -2.25. The van der Waals surface area contributed by atoms with Crippen LogP contribution < -0.4 is 30.2 Å². The highest BCUT2D eigenvalue weighted by Gasteiger charge is 2.26. The van der Waals surface area contributed by atoms with Gasteiger partial charge in [0.15, 0.2) is 40.3 Å². The van der Waals surface area contributed by atoms with E-state index in [9.17, 15) is 49.0 Å². The molecule has 0 saturated carbocycles. The van der Waals surface area contributed by atoms with E-state index in [1.54, 1.807) is 49.4 Å².